The zero-order valence-electron chi connectivity index (χ0n) is 15.9. The highest BCUT2D eigenvalue weighted by molar-refractivity contribution is 6.31. The highest BCUT2D eigenvalue weighted by Gasteiger charge is 2.17. The molecule has 2 rings (SSSR count). The zero-order chi connectivity index (χ0) is 21.7. The van der Waals surface area contributed by atoms with E-state index in [0.717, 1.165) is 11.6 Å². The number of amides is 2. The number of methoxy groups -OCH3 is 1. The van der Waals surface area contributed by atoms with Gasteiger partial charge in [0.2, 0.25) is 11.8 Å². The minimum Gasteiger partial charge on any atom is -0.495 e. The van der Waals surface area contributed by atoms with Gasteiger partial charge in [-0.1, -0.05) is 11.6 Å². The molecule has 0 saturated heterocycles. The summed E-state index contributed by atoms with van der Waals surface area (Å²) < 4.78 is 44.9. The zero-order valence-corrected chi connectivity index (χ0v) is 16.7. The molecular formula is C19H19ClF3N3O3. The van der Waals surface area contributed by atoms with Crippen molar-refractivity contribution in [2.45, 2.75) is 6.92 Å². The molecule has 6 nitrogen and oxygen atoms in total. The summed E-state index contributed by atoms with van der Waals surface area (Å²) in [5.41, 5.74) is 0.665. The van der Waals surface area contributed by atoms with Crippen LogP contribution in [0.25, 0.3) is 0 Å². The standard InChI is InChI=1S/C19H19ClF3N3O3/c1-10-6-14(15(29-3)7-11(10)20)25-17(28)9-26(2)8-16(27)24-13-5-4-12(21)18(22)19(13)23/h4-7H,8-9H2,1-3H3,(H,24,27)(H,25,28). The maximum Gasteiger partial charge on any atom is 0.238 e. The fourth-order valence-electron chi connectivity index (χ4n) is 2.48. The summed E-state index contributed by atoms with van der Waals surface area (Å²) in [6, 6.07) is 4.83. The van der Waals surface area contributed by atoms with Gasteiger partial charge < -0.3 is 15.4 Å². The molecule has 0 atom stereocenters. The molecule has 0 heterocycles. The molecule has 0 aliphatic rings. The van der Waals surface area contributed by atoms with Gasteiger partial charge in [0.15, 0.2) is 17.5 Å². The molecule has 0 aliphatic carbocycles. The minimum absolute atomic E-state index is 0.168. The molecular weight excluding hydrogens is 411 g/mol. The maximum absolute atomic E-state index is 13.6. The van der Waals surface area contributed by atoms with E-state index in [1.165, 1.54) is 19.1 Å². The van der Waals surface area contributed by atoms with Crippen LogP contribution in [0.4, 0.5) is 24.5 Å². The quantitative estimate of drug-likeness (QED) is 0.660. The Kier molecular flexibility index (Phi) is 7.46. The van der Waals surface area contributed by atoms with Crippen molar-refractivity contribution < 1.29 is 27.5 Å². The minimum atomic E-state index is -1.68. The summed E-state index contributed by atoms with van der Waals surface area (Å²) in [5, 5.41) is 5.28. The van der Waals surface area contributed by atoms with Crippen molar-refractivity contribution in [3.05, 3.63) is 52.3 Å². The van der Waals surface area contributed by atoms with Crippen LogP contribution in [0.5, 0.6) is 5.75 Å². The van der Waals surface area contributed by atoms with Crippen molar-refractivity contribution in [3.8, 4) is 5.75 Å². The fraction of sp³-hybridized carbons (Fsp3) is 0.263. The molecule has 10 heteroatoms. The molecule has 0 unspecified atom stereocenters. The first-order chi connectivity index (χ1) is 13.6. The number of aryl methyl sites for hydroxylation is 1. The second-order valence-electron chi connectivity index (χ2n) is 6.29. The lowest BCUT2D eigenvalue weighted by molar-refractivity contribution is -0.119. The number of nitrogens with one attached hydrogen (secondary N) is 2. The molecule has 0 radical (unpaired) electrons. The van der Waals surface area contributed by atoms with Crippen molar-refractivity contribution in [1.82, 2.24) is 4.90 Å². The van der Waals surface area contributed by atoms with Crippen molar-refractivity contribution in [3.63, 3.8) is 0 Å². The van der Waals surface area contributed by atoms with E-state index in [2.05, 4.69) is 10.6 Å². The second-order valence-corrected chi connectivity index (χ2v) is 6.70. The van der Waals surface area contributed by atoms with E-state index >= 15 is 0 Å². The van der Waals surface area contributed by atoms with Crippen LogP contribution < -0.4 is 15.4 Å². The van der Waals surface area contributed by atoms with Crippen molar-refractivity contribution in [1.29, 1.82) is 0 Å². The number of halogens is 4. The summed E-state index contributed by atoms with van der Waals surface area (Å²) in [5.74, 6) is -5.29. The number of carbonyl (C=O) groups excluding carboxylic acids is 2. The first-order valence-corrected chi connectivity index (χ1v) is 8.76. The van der Waals surface area contributed by atoms with Crippen LogP contribution in [0.15, 0.2) is 24.3 Å². The van der Waals surface area contributed by atoms with Gasteiger partial charge in [-0.15, -0.1) is 0 Å². The number of hydrogen-bond donors (Lipinski definition) is 2. The Morgan fingerprint density at radius 2 is 1.62 bits per heavy atom. The molecule has 0 saturated carbocycles. The summed E-state index contributed by atoms with van der Waals surface area (Å²) >= 11 is 6.02. The predicted molar refractivity (Wildman–Crippen MR) is 104 cm³/mol. The average molecular weight is 430 g/mol. The molecule has 0 aromatic heterocycles. The average Bonchev–Trinajstić information content (AvgIpc) is 2.64. The van der Waals surface area contributed by atoms with Crippen LogP contribution in [0.2, 0.25) is 5.02 Å². The van der Waals surface area contributed by atoms with Crippen molar-refractivity contribution in [2.24, 2.45) is 0 Å². The van der Waals surface area contributed by atoms with Crippen LogP contribution >= 0.6 is 11.6 Å². The number of anilines is 2. The third kappa shape index (κ3) is 5.85. The number of carbonyl (C=O) groups is 2. The van der Waals surface area contributed by atoms with Gasteiger partial charge in [-0.2, -0.15) is 0 Å². The summed E-state index contributed by atoms with van der Waals surface area (Å²) in [6.07, 6.45) is 0. The van der Waals surface area contributed by atoms with E-state index in [0.29, 0.717) is 22.5 Å². The lowest BCUT2D eigenvalue weighted by Gasteiger charge is -2.17. The smallest absolute Gasteiger partial charge is 0.238 e. The van der Waals surface area contributed by atoms with Gasteiger partial charge in [-0.05, 0) is 37.7 Å². The first kappa shape index (κ1) is 22.5. The third-order valence-corrected chi connectivity index (χ3v) is 4.30. The van der Waals surface area contributed by atoms with E-state index in [9.17, 15) is 22.8 Å². The van der Waals surface area contributed by atoms with Crippen molar-refractivity contribution in [2.75, 3.05) is 37.9 Å². The predicted octanol–water partition coefficient (Wildman–Crippen LogP) is 3.58. The molecule has 0 fully saturated rings. The summed E-state index contributed by atoms with van der Waals surface area (Å²) in [6.45, 7) is 1.31. The number of likely N-dealkylation sites (N-methyl/N-ethyl adjacent to an activating group) is 1. The highest BCUT2D eigenvalue weighted by Crippen LogP contribution is 2.30. The SMILES string of the molecule is COc1cc(Cl)c(C)cc1NC(=O)CN(C)CC(=O)Nc1ccc(F)c(F)c1F. The number of benzene rings is 2. The highest BCUT2D eigenvalue weighted by atomic mass is 35.5. The van der Waals surface area contributed by atoms with E-state index in [-0.39, 0.29) is 13.1 Å². The van der Waals surface area contributed by atoms with Crippen LogP contribution in [-0.4, -0.2) is 44.0 Å². The van der Waals surface area contributed by atoms with Gasteiger partial charge >= 0.3 is 0 Å². The molecule has 156 valence electrons. The van der Waals surface area contributed by atoms with E-state index < -0.39 is 35.0 Å². The van der Waals surface area contributed by atoms with Gasteiger partial charge in [0.1, 0.15) is 5.75 Å². The molecule has 0 aliphatic heterocycles. The Hall–Kier alpha value is -2.78. The molecule has 2 aromatic rings. The lowest BCUT2D eigenvalue weighted by Crippen LogP contribution is -2.36. The molecule has 29 heavy (non-hydrogen) atoms. The van der Waals surface area contributed by atoms with Crippen LogP contribution in [-0.2, 0) is 9.59 Å². The number of rotatable bonds is 7. The Labute approximate surface area is 170 Å². The molecule has 2 N–H and O–H groups in total. The monoisotopic (exact) mass is 429 g/mol. The molecule has 2 amide bonds. The van der Waals surface area contributed by atoms with Crippen LogP contribution in [0.3, 0.4) is 0 Å². The van der Waals surface area contributed by atoms with Gasteiger partial charge in [0.05, 0.1) is 31.6 Å². The van der Waals surface area contributed by atoms with Gasteiger partial charge in [0.25, 0.3) is 0 Å². The molecule has 2 aromatic carbocycles. The lowest BCUT2D eigenvalue weighted by atomic mass is 10.2. The number of hydrogen-bond acceptors (Lipinski definition) is 4. The number of ether oxygens (including phenoxy) is 1. The van der Waals surface area contributed by atoms with Gasteiger partial charge in [-0.25, -0.2) is 13.2 Å². The topological polar surface area (TPSA) is 70.7 Å². The Bertz CT molecular complexity index is 941. The van der Waals surface area contributed by atoms with Gasteiger partial charge in [-0.3, -0.25) is 14.5 Å². The van der Waals surface area contributed by atoms with Crippen LogP contribution in [0.1, 0.15) is 5.56 Å². The van der Waals surface area contributed by atoms with Crippen LogP contribution in [0, 0.1) is 24.4 Å². The number of nitrogens with zero attached hydrogens (tertiary/aromatic N) is 1. The van der Waals surface area contributed by atoms with E-state index in [1.54, 1.807) is 19.1 Å². The maximum atomic E-state index is 13.6. The Morgan fingerprint density at radius 1 is 1.03 bits per heavy atom. The molecule has 0 bridgehead atoms. The largest absolute Gasteiger partial charge is 0.495 e. The Morgan fingerprint density at radius 3 is 2.21 bits per heavy atom. The third-order valence-electron chi connectivity index (χ3n) is 3.89. The van der Waals surface area contributed by atoms with E-state index in [4.69, 9.17) is 16.3 Å². The summed E-state index contributed by atoms with van der Waals surface area (Å²) in [4.78, 5) is 25.6. The van der Waals surface area contributed by atoms with Gasteiger partial charge in [0, 0.05) is 11.1 Å². The summed E-state index contributed by atoms with van der Waals surface area (Å²) in [7, 11) is 2.93. The Balaban J connectivity index is 1.94. The fourth-order valence-corrected chi connectivity index (χ4v) is 2.63. The first-order valence-electron chi connectivity index (χ1n) is 8.38. The van der Waals surface area contributed by atoms with E-state index in [1.807, 2.05) is 0 Å². The normalized spacial score (nSPS) is 10.8. The molecule has 0 spiro atoms. The van der Waals surface area contributed by atoms with Crippen molar-refractivity contribution >= 4 is 34.8 Å². The second kappa shape index (κ2) is 9.62.